The molecule has 1 aromatic rings. The van der Waals surface area contributed by atoms with Crippen LogP contribution in [0.2, 0.25) is 0 Å². The van der Waals surface area contributed by atoms with Crippen LogP contribution in [0.25, 0.3) is 0 Å². The molecular formula is C11H13IN2O3. The second-order valence-electron chi connectivity index (χ2n) is 3.63. The van der Waals surface area contributed by atoms with Gasteiger partial charge in [0.2, 0.25) is 0 Å². The van der Waals surface area contributed by atoms with Gasteiger partial charge in [-0.2, -0.15) is 0 Å². The number of nitrogen functional groups attached to an aromatic ring is 1. The Kier molecular flexibility index (Phi) is 4.88. The lowest BCUT2D eigenvalue weighted by atomic mass is 10.0. The lowest BCUT2D eigenvalue weighted by Gasteiger charge is -2.08. The van der Waals surface area contributed by atoms with Crippen molar-refractivity contribution in [1.82, 2.24) is 0 Å². The number of hydrogen-bond acceptors (Lipinski definition) is 4. The number of alkyl halides is 1. The third-order valence-electron chi connectivity index (χ3n) is 2.29. The summed E-state index contributed by atoms with van der Waals surface area (Å²) in [5.74, 6) is -1.54. The van der Waals surface area contributed by atoms with Crippen LogP contribution in [0.5, 0.6) is 0 Å². The summed E-state index contributed by atoms with van der Waals surface area (Å²) >= 11 is 2.19. The molecular weight excluding hydrogens is 335 g/mol. The number of nitrogens with two attached hydrogens (primary N) is 2. The third kappa shape index (κ3) is 3.67. The highest BCUT2D eigenvalue weighted by Crippen LogP contribution is 2.18. The van der Waals surface area contributed by atoms with Crippen molar-refractivity contribution in [2.45, 2.75) is 16.9 Å². The Morgan fingerprint density at radius 3 is 2.53 bits per heavy atom. The molecule has 0 aromatic heterocycles. The fourth-order valence-corrected chi connectivity index (χ4v) is 1.82. The molecule has 1 rings (SSSR count). The monoisotopic (exact) mass is 348 g/mol. The summed E-state index contributed by atoms with van der Waals surface area (Å²) in [5, 5.41) is 8.62. The average molecular weight is 348 g/mol. The first-order valence-electron chi connectivity index (χ1n) is 4.91. The van der Waals surface area contributed by atoms with Crippen LogP contribution in [0, 0.1) is 0 Å². The van der Waals surface area contributed by atoms with Crippen molar-refractivity contribution in [3.05, 3.63) is 29.3 Å². The highest BCUT2D eigenvalue weighted by molar-refractivity contribution is 14.1. The van der Waals surface area contributed by atoms with Gasteiger partial charge in [-0.15, -0.1) is 0 Å². The van der Waals surface area contributed by atoms with Gasteiger partial charge in [-0.25, -0.2) is 0 Å². The van der Waals surface area contributed by atoms with Crippen molar-refractivity contribution < 1.29 is 14.7 Å². The maximum absolute atomic E-state index is 11.8. The first-order valence-corrected chi connectivity index (χ1v) is 6.44. The van der Waals surface area contributed by atoms with E-state index in [4.69, 9.17) is 16.6 Å². The Labute approximate surface area is 112 Å². The SMILES string of the molecule is Nc1cc(CI)ccc1C(=O)C[C@H](N)C(=O)O. The first-order chi connectivity index (χ1) is 7.95. The van der Waals surface area contributed by atoms with Gasteiger partial charge in [-0.3, -0.25) is 9.59 Å². The van der Waals surface area contributed by atoms with E-state index >= 15 is 0 Å². The van der Waals surface area contributed by atoms with Crippen molar-refractivity contribution in [2.24, 2.45) is 5.73 Å². The Morgan fingerprint density at radius 2 is 2.06 bits per heavy atom. The van der Waals surface area contributed by atoms with Gasteiger partial charge in [0.25, 0.3) is 0 Å². The van der Waals surface area contributed by atoms with Crippen molar-refractivity contribution in [3.8, 4) is 0 Å². The van der Waals surface area contributed by atoms with E-state index in [-0.39, 0.29) is 12.2 Å². The summed E-state index contributed by atoms with van der Waals surface area (Å²) in [6, 6.07) is 3.93. The van der Waals surface area contributed by atoms with Crippen molar-refractivity contribution >= 4 is 40.0 Å². The molecule has 0 fully saturated rings. The Hall–Kier alpha value is -1.15. The third-order valence-corrected chi connectivity index (χ3v) is 3.17. The van der Waals surface area contributed by atoms with Gasteiger partial charge in [0.1, 0.15) is 6.04 Å². The molecule has 0 aliphatic carbocycles. The minimum absolute atomic E-state index is 0.247. The molecule has 0 saturated heterocycles. The number of benzene rings is 1. The molecule has 5 nitrogen and oxygen atoms in total. The summed E-state index contributed by atoms with van der Waals surface area (Å²) in [6.45, 7) is 0. The number of carbonyl (C=O) groups is 2. The zero-order chi connectivity index (χ0) is 13.0. The van der Waals surface area contributed by atoms with Gasteiger partial charge in [-0.1, -0.05) is 28.7 Å². The van der Waals surface area contributed by atoms with Crippen LogP contribution in [0.15, 0.2) is 18.2 Å². The molecule has 0 spiro atoms. The van der Waals surface area contributed by atoms with Crippen LogP contribution >= 0.6 is 22.6 Å². The topological polar surface area (TPSA) is 106 Å². The normalized spacial score (nSPS) is 12.1. The maximum Gasteiger partial charge on any atom is 0.320 e. The van der Waals surface area contributed by atoms with E-state index in [0.717, 1.165) is 9.99 Å². The lowest BCUT2D eigenvalue weighted by Crippen LogP contribution is -2.32. The molecule has 1 atom stereocenters. The number of aliphatic carboxylic acids is 1. The molecule has 0 amide bonds. The second-order valence-corrected chi connectivity index (χ2v) is 4.39. The zero-order valence-corrected chi connectivity index (χ0v) is 11.2. The van der Waals surface area contributed by atoms with Crippen LogP contribution < -0.4 is 11.5 Å². The molecule has 0 radical (unpaired) electrons. The number of carboxylic acid groups (broad SMARTS) is 1. The van der Waals surface area contributed by atoms with Gasteiger partial charge in [0.05, 0.1) is 0 Å². The van der Waals surface area contributed by atoms with E-state index in [1.807, 2.05) is 0 Å². The largest absolute Gasteiger partial charge is 0.480 e. The van der Waals surface area contributed by atoms with Crippen molar-refractivity contribution in [3.63, 3.8) is 0 Å². The Balaban J connectivity index is 2.86. The predicted molar refractivity (Wildman–Crippen MR) is 73.1 cm³/mol. The lowest BCUT2D eigenvalue weighted by molar-refractivity contribution is -0.138. The fourth-order valence-electron chi connectivity index (χ4n) is 1.35. The summed E-state index contributed by atoms with van der Waals surface area (Å²) in [7, 11) is 0. The smallest absolute Gasteiger partial charge is 0.320 e. The van der Waals surface area contributed by atoms with Crippen molar-refractivity contribution in [1.29, 1.82) is 0 Å². The molecule has 0 aliphatic rings. The summed E-state index contributed by atoms with van der Waals surface area (Å²) in [5.41, 5.74) is 12.7. The van der Waals surface area contributed by atoms with Crippen LogP contribution in [0.3, 0.4) is 0 Å². The average Bonchev–Trinajstić information content (AvgIpc) is 2.28. The number of halogens is 1. The highest BCUT2D eigenvalue weighted by atomic mass is 127. The minimum atomic E-state index is -1.19. The molecule has 1 aromatic carbocycles. The van der Waals surface area contributed by atoms with Crippen LogP contribution in [0.1, 0.15) is 22.3 Å². The number of rotatable bonds is 5. The Bertz CT molecular complexity index is 448. The fraction of sp³-hybridized carbons (Fsp3) is 0.273. The van der Waals surface area contributed by atoms with Gasteiger partial charge in [0.15, 0.2) is 5.78 Å². The molecule has 5 N–H and O–H groups in total. The molecule has 0 saturated carbocycles. The number of carbonyl (C=O) groups excluding carboxylic acids is 1. The van der Waals surface area contributed by atoms with Crippen LogP contribution in [0.4, 0.5) is 5.69 Å². The van der Waals surface area contributed by atoms with Gasteiger partial charge in [0, 0.05) is 22.1 Å². The summed E-state index contributed by atoms with van der Waals surface area (Å²) < 4.78 is 0.797. The number of hydrogen-bond donors (Lipinski definition) is 3. The minimum Gasteiger partial charge on any atom is -0.480 e. The first kappa shape index (κ1) is 13.9. The number of anilines is 1. The van der Waals surface area contributed by atoms with E-state index < -0.39 is 12.0 Å². The van der Waals surface area contributed by atoms with E-state index in [2.05, 4.69) is 22.6 Å². The van der Waals surface area contributed by atoms with E-state index in [0.29, 0.717) is 11.3 Å². The van der Waals surface area contributed by atoms with Crippen LogP contribution in [-0.2, 0) is 9.22 Å². The molecule has 0 unspecified atom stereocenters. The Morgan fingerprint density at radius 1 is 1.41 bits per heavy atom. The van der Waals surface area contributed by atoms with E-state index in [9.17, 15) is 9.59 Å². The summed E-state index contributed by atoms with van der Waals surface area (Å²) in [6.07, 6.45) is -0.247. The van der Waals surface area contributed by atoms with Gasteiger partial charge >= 0.3 is 5.97 Å². The second kappa shape index (κ2) is 5.97. The summed E-state index contributed by atoms with van der Waals surface area (Å²) in [4.78, 5) is 22.3. The standard InChI is InChI=1S/C11H13IN2O3/c12-5-6-1-2-7(8(13)3-6)10(15)4-9(14)11(16)17/h1-3,9H,4-5,13-14H2,(H,16,17)/t9-/m0/s1. The molecule has 6 heteroatoms. The molecule has 17 heavy (non-hydrogen) atoms. The van der Waals surface area contributed by atoms with Crippen molar-refractivity contribution in [2.75, 3.05) is 5.73 Å². The van der Waals surface area contributed by atoms with E-state index in [1.54, 1.807) is 18.2 Å². The van der Waals surface area contributed by atoms with Crippen LogP contribution in [-0.4, -0.2) is 22.9 Å². The number of Topliss-reactive ketones (excluding diaryl/α,β-unsaturated/α-hetero) is 1. The van der Waals surface area contributed by atoms with Gasteiger partial charge in [-0.05, 0) is 17.7 Å². The highest BCUT2D eigenvalue weighted by Gasteiger charge is 2.19. The van der Waals surface area contributed by atoms with Gasteiger partial charge < -0.3 is 16.6 Å². The molecule has 0 bridgehead atoms. The molecule has 0 heterocycles. The van der Waals surface area contributed by atoms with E-state index in [1.165, 1.54) is 0 Å². The molecule has 92 valence electrons. The number of ketones is 1. The number of carboxylic acids is 1. The quantitative estimate of drug-likeness (QED) is 0.321. The molecule has 0 aliphatic heterocycles. The zero-order valence-electron chi connectivity index (χ0n) is 9.02. The maximum atomic E-state index is 11.8. The predicted octanol–water partition coefficient (Wildman–Crippen LogP) is 1.19.